The van der Waals surface area contributed by atoms with Crippen molar-refractivity contribution in [1.82, 2.24) is 0 Å². The van der Waals surface area contributed by atoms with Crippen LogP contribution in [0.2, 0.25) is 0 Å². The molecule has 0 aromatic heterocycles. The summed E-state index contributed by atoms with van der Waals surface area (Å²) in [6, 6.07) is 0. The Morgan fingerprint density at radius 2 is 2.09 bits per heavy atom. The van der Waals surface area contributed by atoms with Crippen molar-refractivity contribution in [1.29, 1.82) is 0 Å². The second-order valence-corrected chi connectivity index (χ2v) is 3.52. The van der Waals surface area contributed by atoms with Gasteiger partial charge in [-0.25, -0.2) is 0 Å². The molecular formula is C8H12O3. The van der Waals surface area contributed by atoms with Crippen molar-refractivity contribution in [3.63, 3.8) is 0 Å². The van der Waals surface area contributed by atoms with Crippen LogP contribution in [-0.2, 0) is 9.53 Å². The average molecular weight is 156 g/mol. The summed E-state index contributed by atoms with van der Waals surface area (Å²) in [6.07, 6.45) is 2.66. The lowest BCUT2D eigenvalue weighted by atomic mass is 9.95. The Hall–Kier alpha value is -0.570. The highest BCUT2D eigenvalue weighted by Crippen LogP contribution is 2.45. The van der Waals surface area contributed by atoms with Gasteiger partial charge in [0.05, 0.1) is 6.10 Å². The first-order valence-corrected chi connectivity index (χ1v) is 4.10. The molecule has 2 aliphatic carbocycles. The fourth-order valence-corrected chi connectivity index (χ4v) is 2.46. The van der Waals surface area contributed by atoms with E-state index >= 15 is 0 Å². The number of ether oxygens (including phenoxy) is 1. The Labute approximate surface area is 65.4 Å². The topological polar surface area (TPSA) is 46.5 Å². The molecule has 0 aromatic rings. The molecule has 2 saturated carbocycles. The maximum atomic E-state index is 10.0. The number of fused-ring (bicyclic) bond motifs is 2. The van der Waals surface area contributed by atoms with Gasteiger partial charge in [0.25, 0.3) is 6.47 Å². The highest BCUT2D eigenvalue weighted by atomic mass is 16.5. The standard InChI is InChI=1S/C8H12O3/c9-4-11-8-6-2-1-5(3-6)7(8)10/h4-8,10H,1-3H2. The van der Waals surface area contributed by atoms with Gasteiger partial charge < -0.3 is 9.84 Å². The molecular weight excluding hydrogens is 144 g/mol. The Kier molecular flexibility index (Phi) is 1.60. The predicted molar refractivity (Wildman–Crippen MR) is 37.8 cm³/mol. The molecule has 0 spiro atoms. The lowest BCUT2D eigenvalue weighted by Gasteiger charge is -2.24. The summed E-state index contributed by atoms with van der Waals surface area (Å²) >= 11 is 0. The second-order valence-electron chi connectivity index (χ2n) is 3.52. The van der Waals surface area contributed by atoms with Gasteiger partial charge in [-0.05, 0) is 31.1 Å². The number of aliphatic hydroxyl groups is 1. The third-order valence-corrected chi connectivity index (χ3v) is 3.01. The summed E-state index contributed by atoms with van der Waals surface area (Å²) in [5.74, 6) is 0.824. The summed E-state index contributed by atoms with van der Waals surface area (Å²) in [7, 11) is 0. The summed E-state index contributed by atoms with van der Waals surface area (Å²) in [6.45, 7) is 0.453. The minimum absolute atomic E-state index is 0.203. The van der Waals surface area contributed by atoms with Gasteiger partial charge in [-0.2, -0.15) is 0 Å². The van der Waals surface area contributed by atoms with Crippen LogP contribution < -0.4 is 0 Å². The lowest BCUT2D eigenvalue weighted by molar-refractivity contribution is -0.142. The van der Waals surface area contributed by atoms with E-state index < -0.39 is 0 Å². The predicted octanol–water partition coefficient (Wildman–Crippen LogP) is 0.319. The van der Waals surface area contributed by atoms with Crippen molar-refractivity contribution in [2.75, 3.05) is 0 Å². The molecule has 2 rings (SSSR count). The molecule has 4 unspecified atom stereocenters. The number of hydrogen-bond acceptors (Lipinski definition) is 3. The van der Waals surface area contributed by atoms with E-state index in [0.717, 1.165) is 19.3 Å². The van der Waals surface area contributed by atoms with Crippen LogP contribution in [0.4, 0.5) is 0 Å². The Bertz CT molecular complexity index is 167. The van der Waals surface area contributed by atoms with E-state index in [2.05, 4.69) is 0 Å². The van der Waals surface area contributed by atoms with Crippen molar-refractivity contribution < 1.29 is 14.6 Å². The Balaban J connectivity index is 2.05. The van der Waals surface area contributed by atoms with Gasteiger partial charge >= 0.3 is 0 Å². The summed E-state index contributed by atoms with van der Waals surface area (Å²) in [5.41, 5.74) is 0. The van der Waals surface area contributed by atoms with Gasteiger partial charge in [0, 0.05) is 0 Å². The third-order valence-electron chi connectivity index (χ3n) is 3.01. The zero-order chi connectivity index (χ0) is 7.84. The van der Waals surface area contributed by atoms with E-state index in [1.54, 1.807) is 0 Å². The van der Waals surface area contributed by atoms with Crippen LogP contribution in [0.3, 0.4) is 0 Å². The fraction of sp³-hybridized carbons (Fsp3) is 0.875. The van der Waals surface area contributed by atoms with Gasteiger partial charge in [-0.15, -0.1) is 0 Å². The maximum absolute atomic E-state index is 10.0. The molecule has 11 heavy (non-hydrogen) atoms. The molecule has 2 aliphatic rings. The zero-order valence-corrected chi connectivity index (χ0v) is 6.27. The first-order valence-electron chi connectivity index (χ1n) is 4.10. The molecule has 2 bridgehead atoms. The zero-order valence-electron chi connectivity index (χ0n) is 6.27. The van der Waals surface area contributed by atoms with Crippen LogP contribution in [0.5, 0.6) is 0 Å². The van der Waals surface area contributed by atoms with E-state index in [1.807, 2.05) is 0 Å². The number of hydrogen-bond donors (Lipinski definition) is 1. The molecule has 0 heterocycles. The number of aliphatic hydroxyl groups excluding tert-OH is 1. The summed E-state index contributed by atoms with van der Waals surface area (Å²) in [4.78, 5) is 10.0. The minimum atomic E-state index is -0.390. The van der Waals surface area contributed by atoms with Gasteiger partial charge in [-0.3, -0.25) is 4.79 Å². The number of carbonyl (C=O) groups is 1. The first-order chi connectivity index (χ1) is 5.33. The van der Waals surface area contributed by atoms with Crippen molar-refractivity contribution in [3.8, 4) is 0 Å². The van der Waals surface area contributed by atoms with Crippen LogP contribution in [0, 0.1) is 11.8 Å². The molecule has 0 saturated heterocycles. The van der Waals surface area contributed by atoms with Gasteiger partial charge in [0.2, 0.25) is 0 Å². The highest BCUT2D eigenvalue weighted by Gasteiger charge is 2.48. The fourth-order valence-electron chi connectivity index (χ4n) is 2.46. The molecule has 0 aromatic carbocycles. The largest absolute Gasteiger partial charge is 0.462 e. The smallest absolute Gasteiger partial charge is 0.293 e. The van der Waals surface area contributed by atoms with Crippen molar-refractivity contribution >= 4 is 6.47 Å². The van der Waals surface area contributed by atoms with Crippen molar-refractivity contribution in [2.24, 2.45) is 11.8 Å². The molecule has 2 fully saturated rings. The average Bonchev–Trinajstić information content (AvgIpc) is 2.54. The van der Waals surface area contributed by atoms with Crippen LogP contribution >= 0.6 is 0 Å². The normalized spacial score (nSPS) is 47.7. The third kappa shape index (κ3) is 0.948. The molecule has 3 nitrogen and oxygen atoms in total. The highest BCUT2D eigenvalue weighted by molar-refractivity contribution is 5.38. The van der Waals surface area contributed by atoms with E-state index in [0.29, 0.717) is 18.3 Å². The van der Waals surface area contributed by atoms with E-state index in [1.165, 1.54) is 0 Å². The lowest BCUT2D eigenvalue weighted by Crippen LogP contribution is -2.34. The van der Waals surface area contributed by atoms with Crippen molar-refractivity contribution in [3.05, 3.63) is 0 Å². The molecule has 62 valence electrons. The summed E-state index contributed by atoms with van der Waals surface area (Å²) < 4.78 is 4.82. The molecule has 3 heteroatoms. The monoisotopic (exact) mass is 156 g/mol. The first kappa shape index (κ1) is 7.10. The van der Waals surface area contributed by atoms with Crippen molar-refractivity contribution in [2.45, 2.75) is 31.5 Å². The van der Waals surface area contributed by atoms with E-state index in [4.69, 9.17) is 4.74 Å². The SMILES string of the molecule is O=COC1C2CCC(C2)C1O. The van der Waals surface area contributed by atoms with Gasteiger partial charge in [0.15, 0.2) is 0 Å². The molecule has 0 radical (unpaired) electrons. The quantitative estimate of drug-likeness (QED) is 0.585. The van der Waals surface area contributed by atoms with Crippen LogP contribution in [0.25, 0.3) is 0 Å². The second kappa shape index (κ2) is 2.48. The summed E-state index contributed by atoms with van der Waals surface area (Å²) in [5, 5.41) is 9.53. The van der Waals surface area contributed by atoms with Crippen LogP contribution in [-0.4, -0.2) is 23.8 Å². The maximum Gasteiger partial charge on any atom is 0.293 e. The molecule has 4 atom stereocenters. The molecule has 0 amide bonds. The van der Waals surface area contributed by atoms with Gasteiger partial charge in [-0.1, -0.05) is 0 Å². The van der Waals surface area contributed by atoms with Crippen LogP contribution in [0.1, 0.15) is 19.3 Å². The number of carbonyl (C=O) groups excluding carboxylic acids is 1. The minimum Gasteiger partial charge on any atom is -0.462 e. The van der Waals surface area contributed by atoms with Gasteiger partial charge in [0.1, 0.15) is 6.10 Å². The molecule has 1 N–H and O–H groups in total. The Morgan fingerprint density at radius 1 is 1.36 bits per heavy atom. The van der Waals surface area contributed by atoms with E-state index in [9.17, 15) is 9.90 Å². The Morgan fingerprint density at radius 3 is 2.64 bits per heavy atom. The van der Waals surface area contributed by atoms with Crippen LogP contribution in [0.15, 0.2) is 0 Å². The van der Waals surface area contributed by atoms with E-state index in [-0.39, 0.29) is 12.2 Å². The number of rotatable bonds is 2. The molecule has 0 aliphatic heterocycles.